The first-order chi connectivity index (χ1) is 13.6. The Morgan fingerprint density at radius 1 is 1.03 bits per heavy atom. The summed E-state index contributed by atoms with van der Waals surface area (Å²) in [5, 5.41) is 0. The highest BCUT2D eigenvalue weighted by Gasteiger charge is 2.28. The monoisotopic (exact) mass is 399 g/mol. The molecule has 1 saturated heterocycles. The molecule has 2 amide bonds. The minimum Gasteiger partial charge on any atom is -0.444 e. The molecule has 0 spiro atoms. The molecule has 0 saturated carbocycles. The van der Waals surface area contributed by atoms with Crippen LogP contribution in [0.4, 0.5) is 4.79 Å². The fourth-order valence-electron chi connectivity index (χ4n) is 3.13. The maximum Gasteiger partial charge on any atom is 0.410 e. The summed E-state index contributed by atoms with van der Waals surface area (Å²) < 4.78 is 11.2. The molecule has 1 fully saturated rings. The van der Waals surface area contributed by atoms with Gasteiger partial charge in [-0.2, -0.15) is 0 Å². The predicted molar refractivity (Wildman–Crippen MR) is 110 cm³/mol. The maximum absolute atomic E-state index is 12.7. The average Bonchev–Trinajstić information content (AvgIpc) is 3.01. The van der Waals surface area contributed by atoms with Crippen molar-refractivity contribution in [2.75, 3.05) is 26.2 Å². The number of aryl methyl sites for hydroxylation is 2. The first kappa shape index (κ1) is 20.9. The molecule has 1 aromatic carbocycles. The van der Waals surface area contributed by atoms with Crippen molar-refractivity contribution in [2.24, 2.45) is 0 Å². The van der Waals surface area contributed by atoms with Gasteiger partial charge in [0, 0.05) is 31.7 Å². The molecule has 3 rings (SSSR count). The number of carbonyl (C=O) groups is 2. The van der Waals surface area contributed by atoms with Gasteiger partial charge in [0.05, 0.1) is 12.1 Å². The molecule has 29 heavy (non-hydrogen) atoms. The van der Waals surface area contributed by atoms with Crippen molar-refractivity contribution >= 4 is 12.0 Å². The van der Waals surface area contributed by atoms with Crippen LogP contribution in [0, 0.1) is 13.8 Å². The molecule has 7 heteroatoms. The third-order valence-corrected chi connectivity index (χ3v) is 4.79. The second-order valence-electron chi connectivity index (χ2n) is 8.41. The van der Waals surface area contributed by atoms with Gasteiger partial charge < -0.3 is 19.0 Å². The summed E-state index contributed by atoms with van der Waals surface area (Å²) in [5.41, 5.74) is 2.19. The summed E-state index contributed by atoms with van der Waals surface area (Å²) in [6.07, 6.45) is -0.145. The van der Waals surface area contributed by atoms with Crippen LogP contribution >= 0.6 is 0 Å². The summed E-state index contributed by atoms with van der Waals surface area (Å²) in [4.78, 5) is 32.8. The Morgan fingerprint density at radius 2 is 1.62 bits per heavy atom. The summed E-state index contributed by atoms with van der Waals surface area (Å²) in [5.74, 6) is 1.17. The summed E-state index contributed by atoms with van der Waals surface area (Å²) >= 11 is 0. The molecular formula is C22H29N3O4. The van der Waals surface area contributed by atoms with Gasteiger partial charge in [0.25, 0.3) is 0 Å². The van der Waals surface area contributed by atoms with Crippen LogP contribution in [-0.4, -0.2) is 58.6 Å². The number of hydrogen-bond acceptors (Lipinski definition) is 5. The third kappa shape index (κ3) is 5.37. The summed E-state index contributed by atoms with van der Waals surface area (Å²) in [7, 11) is 0. The van der Waals surface area contributed by atoms with E-state index in [4.69, 9.17) is 9.15 Å². The topological polar surface area (TPSA) is 75.9 Å². The Balaban J connectivity index is 1.58. The zero-order chi connectivity index (χ0) is 21.2. The standard InChI is InChI=1S/C22H29N3O4/c1-15-6-8-17(9-7-15)20-23-18(16(2)28-20)14-19(26)24-10-12-25(13-11-24)21(27)29-22(3,4)5/h6-9H,10-14H2,1-5H3. The molecular weight excluding hydrogens is 370 g/mol. The average molecular weight is 399 g/mol. The van der Waals surface area contributed by atoms with E-state index < -0.39 is 5.60 Å². The lowest BCUT2D eigenvalue weighted by Crippen LogP contribution is -2.52. The smallest absolute Gasteiger partial charge is 0.410 e. The van der Waals surface area contributed by atoms with Gasteiger partial charge in [-0.25, -0.2) is 9.78 Å². The number of rotatable bonds is 3. The molecule has 1 aliphatic rings. The van der Waals surface area contributed by atoms with Crippen LogP contribution < -0.4 is 0 Å². The van der Waals surface area contributed by atoms with Gasteiger partial charge in [0.15, 0.2) is 0 Å². The molecule has 0 aliphatic carbocycles. The fourth-order valence-corrected chi connectivity index (χ4v) is 3.13. The Kier molecular flexibility index (Phi) is 5.96. The van der Waals surface area contributed by atoms with Crippen LogP contribution in [0.15, 0.2) is 28.7 Å². The van der Waals surface area contributed by atoms with Gasteiger partial charge >= 0.3 is 6.09 Å². The van der Waals surface area contributed by atoms with Crippen LogP contribution in [0.3, 0.4) is 0 Å². The molecule has 0 unspecified atom stereocenters. The second-order valence-corrected chi connectivity index (χ2v) is 8.41. The molecule has 2 aromatic rings. The lowest BCUT2D eigenvalue weighted by molar-refractivity contribution is -0.132. The summed E-state index contributed by atoms with van der Waals surface area (Å²) in [6, 6.07) is 7.93. The van der Waals surface area contributed by atoms with Crippen LogP contribution in [0.25, 0.3) is 11.5 Å². The third-order valence-electron chi connectivity index (χ3n) is 4.79. The maximum atomic E-state index is 12.7. The Bertz CT molecular complexity index is 872. The first-order valence-electron chi connectivity index (χ1n) is 9.91. The number of benzene rings is 1. The van der Waals surface area contributed by atoms with E-state index >= 15 is 0 Å². The van der Waals surface area contributed by atoms with E-state index in [0.717, 1.165) is 11.1 Å². The van der Waals surface area contributed by atoms with E-state index in [0.29, 0.717) is 43.5 Å². The number of piperazine rings is 1. The van der Waals surface area contributed by atoms with Crippen molar-refractivity contribution in [3.05, 3.63) is 41.3 Å². The van der Waals surface area contributed by atoms with E-state index in [-0.39, 0.29) is 18.4 Å². The van der Waals surface area contributed by atoms with Gasteiger partial charge in [-0.1, -0.05) is 17.7 Å². The van der Waals surface area contributed by atoms with Crippen LogP contribution in [0.1, 0.15) is 37.8 Å². The quantitative estimate of drug-likeness (QED) is 0.789. The Hall–Kier alpha value is -2.83. The second kappa shape index (κ2) is 8.27. The van der Waals surface area contributed by atoms with Gasteiger partial charge in [-0.3, -0.25) is 4.79 Å². The lowest BCUT2D eigenvalue weighted by atomic mass is 10.1. The first-order valence-corrected chi connectivity index (χ1v) is 9.91. The number of nitrogens with zero attached hydrogens (tertiary/aromatic N) is 3. The molecule has 0 bridgehead atoms. The zero-order valence-electron chi connectivity index (χ0n) is 17.8. The van der Waals surface area contributed by atoms with E-state index in [2.05, 4.69) is 4.98 Å². The largest absolute Gasteiger partial charge is 0.444 e. The van der Waals surface area contributed by atoms with E-state index in [1.807, 2.05) is 58.9 Å². The van der Waals surface area contributed by atoms with E-state index in [1.165, 1.54) is 0 Å². The molecule has 7 nitrogen and oxygen atoms in total. The number of carbonyl (C=O) groups excluding carboxylic acids is 2. The number of amides is 2. The molecule has 1 aliphatic heterocycles. The van der Waals surface area contributed by atoms with Crippen LogP contribution in [0.5, 0.6) is 0 Å². The number of oxazole rings is 1. The van der Waals surface area contributed by atoms with E-state index in [9.17, 15) is 9.59 Å². The van der Waals surface area contributed by atoms with Gasteiger partial charge in [0.1, 0.15) is 11.4 Å². The number of hydrogen-bond donors (Lipinski definition) is 0. The zero-order valence-corrected chi connectivity index (χ0v) is 17.8. The van der Waals surface area contributed by atoms with Crippen molar-refractivity contribution in [3.63, 3.8) is 0 Å². The molecule has 0 atom stereocenters. The SMILES string of the molecule is Cc1ccc(-c2nc(CC(=O)N3CCN(C(=O)OC(C)(C)C)CC3)c(C)o2)cc1. The molecule has 0 N–H and O–H groups in total. The van der Waals surface area contributed by atoms with Crippen molar-refractivity contribution in [1.29, 1.82) is 0 Å². The fraction of sp³-hybridized carbons (Fsp3) is 0.500. The minimum atomic E-state index is -0.524. The Morgan fingerprint density at radius 3 is 2.21 bits per heavy atom. The van der Waals surface area contributed by atoms with Crippen molar-refractivity contribution in [2.45, 2.75) is 46.6 Å². The van der Waals surface area contributed by atoms with Gasteiger partial charge in [0.2, 0.25) is 11.8 Å². The molecule has 156 valence electrons. The van der Waals surface area contributed by atoms with Crippen LogP contribution in [-0.2, 0) is 16.0 Å². The van der Waals surface area contributed by atoms with E-state index in [1.54, 1.807) is 9.80 Å². The van der Waals surface area contributed by atoms with Crippen molar-refractivity contribution < 1.29 is 18.7 Å². The van der Waals surface area contributed by atoms with Crippen molar-refractivity contribution in [3.8, 4) is 11.5 Å². The number of aromatic nitrogens is 1. The molecule has 1 aromatic heterocycles. The predicted octanol–water partition coefficient (Wildman–Crippen LogP) is 3.58. The van der Waals surface area contributed by atoms with Crippen molar-refractivity contribution in [1.82, 2.24) is 14.8 Å². The van der Waals surface area contributed by atoms with Crippen LogP contribution in [0.2, 0.25) is 0 Å². The molecule has 0 radical (unpaired) electrons. The minimum absolute atomic E-state index is 0.0132. The van der Waals surface area contributed by atoms with Gasteiger partial charge in [-0.15, -0.1) is 0 Å². The highest BCUT2D eigenvalue weighted by atomic mass is 16.6. The molecule has 2 heterocycles. The lowest BCUT2D eigenvalue weighted by Gasteiger charge is -2.35. The normalized spacial score (nSPS) is 14.8. The highest BCUT2D eigenvalue weighted by molar-refractivity contribution is 5.79. The highest BCUT2D eigenvalue weighted by Crippen LogP contribution is 2.23. The van der Waals surface area contributed by atoms with Gasteiger partial charge in [-0.05, 0) is 46.8 Å². The summed E-state index contributed by atoms with van der Waals surface area (Å²) in [6.45, 7) is 11.3. The number of ether oxygens (including phenoxy) is 1. The Labute approximate surface area is 171 Å².